The molecule has 0 saturated heterocycles. The molecule has 5 rings (SSSR count). The van der Waals surface area contributed by atoms with Crippen molar-refractivity contribution in [3.05, 3.63) is 65.7 Å². The summed E-state index contributed by atoms with van der Waals surface area (Å²) in [5, 5.41) is 17.6. The number of aromatic nitrogens is 3. The smallest absolute Gasteiger partial charge is 0.267 e. The third-order valence-electron chi connectivity index (χ3n) is 6.78. The van der Waals surface area contributed by atoms with Crippen LogP contribution in [-0.2, 0) is 14.1 Å². The maximum atomic E-state index is 14.5. The van der Waals surface area contributed by atoms with Crippen molar-refractivity contribution in [3.63, 3.8) is 0 Å². The van der Waals surface area contributed by atoms with Crippen LogP contribution in [0.15, 0.2) is 48.7 Å². The first kappa shape index (κ1) is 21.9. The molecule has 1 fully saturated rings. The van der Waals surface area contributed by atoms with E-state index >= 15 is 0 Å². The van der Waals surface area contributed by atoms with Crippen molar-refractivity contribution in [2.45, 2.75) is 25.7 Å². The number of nitrogens with zero attached hydrogens (tertiary/aromatic N) is 4. The van der Waals surface area contributed by atoms with E-state index in [0.717, 1.165) is 40.6 Å². The second-order valence-corrected chi connectivity index (χ2v) is 9.09. The Balaban J connectivity index is 1.60. The van der Waals surface area contributed by atoms with Crippen LogP contribution in [0.4, 0.5) is 4.39 Å². The van der Waals surface area contributed by atoms with E-state index in [0.29, 0.717) is 23.7 Å². The van der Waals surface area contributed by atoms with Crippen LogP contribution in [0.3, 0.4) is 0 Å². The first-order valence-electron chi connectivity index (χ1n) is 11.6. The molecule has 1 aliphatic rings. The summed E-state index contributed by atoms with van der Waals surface area (Å²) in [4.78, 5) is 13.2. The molecule has 2 aromatic carbocycles. The predicted molar refractivity (Wildman–Crippen MR) is 130 cm³/mol. The molecule has 6 nitrogen and oxygen atoms in total. The molecule has 7 heteroatoms. The highest BCUT2D eigenvalue weighted by molar-refractivity contribution is 5.98. The number of nitriles is 1. The van der Waals surface area contributed by atoms with Crippen molar-refractivity contribution in [3.8, 4) is 28.5 Å². The van der Waals surface area contributed by atoms with E-state index in [9.17, 15) is 9.18 Å². The largest absolute Gasteiger partial charge is 0.350 e. The number of carbonyl (C=O) groups excluding carboxylic acids is 1. The van der Waals surface area contributed by atoms with Crippen molar-refractivity contribution >= 4 is 16.8 Å². The Hall–Kier alpha value is -3.92. The monoisotopic (exact) mass is 455 g/mol. The molecule has 1 aliphatic carbocycles. The number of nitrogens with one attached hydrogen (secondary N) is 1. The van der Waals surface area contributed by atoms with E-state index < -0.39 is 5.82 Å². The van der Waals surface area contributed by atoms with Crippen LogP contribution in [0.25, 0.3) is 33.3 Å². The molecule has 0 radical (unpaired) electrons. The molecule has 34 heavy (non-hydrogen) atoms. The minimum Gasteiger partial charge on any atom is -0.350 e. The lowest BCUT2D eigenvalue weighted by molar-refractivity contribution is 0.0939. The standard InChI is InChI=1S/C27H26FN5O/c1-32-16-21-11-19(9-10-24(21)31-32)26-22(18-7-8-20(14-29)23(28)12-18)13-25(33(26)2)27(34)30-15-17-5-3-4-6-17/h7-13,16-17H,3-6,15H2,1-2H3,(H,30,34). The summed E-state index contributed by atoms with van der Waals surface area (Å²) < 4.78 is 18.2. The van der Waals surface area contributed by atoms with Crippen LogP contribution in [-0.4, -0.2) is 26.8 Å². The third-order valence-corrected chi connectivity index (χ3v) is 6.78. The number of fused-ring (bicyclic) bond motifs is 1. The molecule has 172 valence electrons. The van der Waals surface area contributed by atoms with Gasteiger partial charge in [-0.25, -0.2) is 4.39 Å². The molecule has 0 bridgehead atoms. The second-order valence-electron chi connectivity index (χ2n) is 9.09. The van der Waals surface area contributed by atoms with Gasteiger partial charge in [-0.2, -0.15) is 10.4 Å². The van der Waals surface area contributed by atoms with Gasteiger partial charge in [-0.1, -0.05) is 25.0 Å². The fourth-order valence-electron chi connectivity index (χ4n) is 5.00. The van der Waals surface area contributed by atoms with Crippen molar-refractivity contribution in [1.82, 2.24) is 19.7 Å². The number of halogens is 1. The highest BCUT2D eigenvalue weighted by Gasteiger charge is 2.23. The van der Waals surface area contributed by atoms with Gasteiger partial charge in [0.25, 0.3) is 5.91 Å². The van der Waals surface area contributed by atoms with E-state index in [1.807, 2.05) is 55.2 Å². The molecule has 0 atom stereocenters. The first-order valence-corrected chi connectivity index (χ1v) is 11.6. The average Bonchev–Trinajstić information content (AvgIpc) is 3.55. The Morgan fingerprint density at radius 3 is 2.65 bits per heavy atom. The van der Waals surface area contributed by atoms with Crippen LogP contribution in [0.2, 0.25) is 0 Å². The van der Waals surface area contributed by atoms with Crippen molar-refractivity contribution in [2.24, 2.45) is 20.0 Å². The van der Waals surface area contributed by atoms with Crippen LogP contribution in [0.5, 0.6) is 0 Å². The summed E-state index contributed by atoms with van der Waals surface area (Å²) in [6.45, 7) is 0.668. The van der Waals surface area contributed by atoms with Crippen molar-refractivity contribution in [2.75, 3.05) is 6.54 Å². The van der Waals surface area contributed by atoms with Gasteiger partial charge in [0.05, 0.1) is 16.8 Å². The third kappa shape index (κ3) is 3.96. The molecule has 4 aromatic rings. The summed E-state index contributed by atoms with van der Waals surface area (Å²) in [6.07, 6.45) is 6.69. The highest BCUT2D eigenvalue weighted by atomic mass is 19.1. The molecule has 0 unspecified atom stereocenters. The Morgan fingerprint density at radius 2 is 1.91 bits per heavy atom. The van der Waals surface area contributed by atoms with Gasteiger partial charge >= 0.3 is 0 Å². The minimum atomic E-state index is -0.579. The van der Waals surface area contributed by atoms with Gasteiger partial charge in [0.2, 0.25) is 0 Å². The number of carbonyl (C=O) groups is 1. The van der Waals surface area contributed by atoms with E-state index in [1.54, 1.807) is 10.7 Å². The summed E-state index contributed by atoms with van der Waals surface area (Å²) in [7, 11) is 3.73. The SMILES string of the molecule is Cn1cc2cc(-c3c(-c4ccc(C#N)c(F)c4)cc(C(=O)NCC4CCCC4)n3C)ccc2n1. The van der Waals surface area contributed by atoms with Crippen molar-refractivity contribution < 1.29 is 9.18 Å². The van der Waals surface area contributed by atoms with Gasteiger partial charge in [0, 0.05) is 37.8 Å². The van der Waals surface area contributed by atoms with Crippen molar-refractivity contribution in [1.29, 1.82) is 5.26 Å². The Morgan fingerprint density at radius 1 is 1.15 bits per heavy atom. The van der Waals surface area contributed by atoms with Gasteiger partial charge in [-0.15, -0.1) is 0 Å². The molecular formula is C27H26FN5O. The van der Waals surface area contributed by atoms with E-state index in [4.69, 9.17) is 5.26 Å². The van der Waals surface area contributed by atoms with Gasteiger partial charge in [-0.3, -0.25) is 9.48 Å². The zero-order valence-corrected chi connectivity index (χ0v) is 19.3. The summed E-state index contributed by atoms with van der Waals surface area (Å²) >= 11 is 0. The lowest BCUT2D eigenvalue weighted by atomic mass is 9.99. The Kier molecular flexibility index (Phi) is 5.66. The Labute approximate surface area is 197 Å². The maximum Gasteiger partial charge on any atom is 0.267 e. The van der Waals surface area contributed by atoms with Crippen LogP contribution in [0, 0.1) is 23.1 Å². The van der Waals surface area contributed by atoms with Gasteiger partial charge < -0.3 is 9.88 Å². The first-order chi connectivity index (χ1) is 16.4. The van der Waals surface area contributed by atoms with E-state index in [2.05, 4.69) is 10.4 Å². The number of aryl methyl sites for hydroxylation is 1. The lowest BCUT2D eigenvalue weighted by Gasteiger charge is -2.12. The zero-order chi connectivity index (χ0) is 23.8. The maximum absolute atomic E-state index is 14.5. The zero-order valence-electron chi connectivity index (χ0n) is 19.3. The molecule has 1 N–H and O–H groups in total. The van der Waals surface area contributed by atoms with Gasteiger partial charge in [-0.05, 0) is 60.2 Å². The number of benzene rings is 2. The number of amides is 1. The summed E-state index contributed by atoms with van der Waals surface area (Å²) in [6, 6.07) is 14.2. The average molecular weight is 456 g/mol. The predicted octanol–water partition coefficient (Wildman–Crippen LogP) is 5.18. The second kappa shape index (κ2) is 8.79. The highest BCUT2D eigenvalue weighted by Crippen LogP contribution is 2.36. The Bertz CT molecular complexity index is 1440. The number of rotatable bonds is 5. The molecule has 2 heterocycles. The molecule has 0 spiro atoms. The van der Waals surface area contributed by atoms with Crippen LogP contribution >= 0.6 is 0 Å². The summed E-state index contributed by atoms with van der Waals surface area (Å²) in [5.74, 6) is -0.188. The molecule has 1 amide bonds. The fourth-order valence-corrected chi connectivity index (χ4v) is 5.00. The van der Waals surface area contributed by atoms with E-state index in [-0.39, 0.29) is 11.5 Å². The minimum absolute atomic E-state index is 0.00691. The van der Waals surface area contributed by atoms with Crippen LogP contribution in [0.1, 0.15) is 41.7 Å². The number of hydrogen-bond acceptors (Lipinski definition) is 3. The van der Waals surface area contributed by atoms with Gasteiger partial charge in [0.1, 0.15) is 17.6 Å². The molecule has 1 saturated carbocycles. The van der Waals surface area contributed by atoms with E-state index in [1.165, 1.54) is 25.0 Å². The lowest BCUT2D eigenvalue weighted by Crippen LogP contribution is -2.29. The van der Waals surface area contributed by atoms with Crippen LogP contribution < -0.4 is 5.32 Å². The molecule has 2 aromatic heterocycles. The fraction of sp³-hybridized carbons (Fsp3) is 0.296. The number of hydrogen-bond donors (Lipinski definition) is 1. The summed E-state index contributed by atoms with van der Waals surface area (Å²) in [5.41, 5.74) is 4.44. The normalized spacial score (nSPS) is 13.9. The van der Waals surface area contributed by atoms with Gasteiger partial charge in [0.15, 0.2) is 0 Å². The molecule has 0 aliphatic heterocycles. The quantitative estimate of drug-likeness (QED) is 0.451. The topological polar surface area (TPSA) is 75.6 Å². The molecular weight excluding hydrogens is 429 g/mol.